The zero-order chi connectivity index (χ0) is 9.26. The van der Waals surface area contributed by atoms with Gasteiger partial charge in [-0.1, -0.05) is 0 Å². The van der Waals surface area contributed by atoms with Gasteiger partial charge in [0, 0.05) is 0 Å². The van der Waals surface area contributed by atoms with Crippen LogP contribution < -0.4 is 9.25 Å². The fraction of sp³-hybridized carbons (Fsp3) is 0.400. The number of benzene rings is 1. The van der Waals surface area contributed by atoms with Crippen molar-refractivity contribution >= 4 is 26.9 Å². The van der Waals surface area contributed by atoms with E-state index in [-0.39, 0.29) is 6.10 Å². The van der Waals surface area contributed by atoms with Gasteiger partial charge >= 0.3 is 86.8 Å². The van der Waals surface area contributed by atoms with Gasteiger partial charge in [-0.3, -0.25) is 0 Å². The summed E-state index contributed by atoms with van der Waals surface area (Å²) >= 11 is 1.65. The topological polar surface area (TPSA) is 23.5 Å². The summed E-state index contributed by atoms with van der Waals surface area (Å²) in [6.07, 6.45) is 0.767. The van der Waals surface area contributed by atoms with Crippen LogP contribution >= 0.6 is 0 Å². The molecule has 1 heterocycles. The molecule has 1 aliphatic rings. The zero-order valence-electron chi connectivity index (χ0n) is 7.48. The van der Waals surface area contributed by atoms with Crippen LogP contribution in [0.3, 0.4) is 0 Å². The molecular weight excluding hydrogens is 225 g/mol. The third kappa shape index (κ3) is 2.07. The molecule has 1 fully saturated rings. The summed E-state index contributed by atoms with van der Waals surface area (Å²) in [6, 6.07) is 8.55. The summed E-state index contributed by atoms with van der Waals surface area (Å²) in [6.45, 7) is 1.77. The Balaban J connectivity index is 2.13. The Morgan fingerprint density at radius 3 is 2.54 bits per heavy atom. The van der Waals surface area contributed by atoms with E-state index in [1.54, 1.807) is 16.9 Å². The van der Waals surface area contributed by atoms with Gasteiger partial charge in [-0.15, -0.1) is 0 Å². The molecule has 0 bridgehead atoms. The van der Waals surface area contributed by atoms with Crippen molar-refractivity contribution in [2.45, 2.75) is 12.5 Å². The van der Waals surface area contributed by atoms with Gasteiger partial charge in [0.25, 0.3) is 0 Å². The van der Waals surface area contributed by atoms with Crippen LogP contribution in [0.5, 0.6) is 0 Å². The number of aliphatic hydroxyl groups excluding tert-OH is 1. The van der Waals surface area contributed by atoms with Crippen molar-refractivity contribution in [1.82, 2.24) is 0 Å². The number of hydrogen-bond donors (Lipinski definition) is 1. The molecule has 1 aromatic carbocycles. The van der Waals surface area contributed by atoms with Gasteiger partial charge in [-0.05, 0) is 0 Å². The van der Waals surface area contributed by atoms with Gasteiger partial charge in [-0.25, -0.2) is 0 Å². The minimum absolute atomic E-state index is 0.134. The van der Waals surface area contributed by atoms with Crippen molar-refractivity contribution in [3.63, 3.8) is 0 Å². The molecule has 0 spiro atoms. The van der Waals surface area contributed by atoms with Crippen LogP contribution in [0.4, 0.5) is 5.69 Å². The first-order valence-corrected chi connectivity index (χ1v) is 5.75. The summed E-state index contributed by atoms with van der Waals surface area (Å²) in [7, 11) is 0. The third-order valence-corrected chi connectivity index (χ3v) is 3.23. The zero-order valence-corrected chi connectivity index (χ0v) is 9.90. The average Bonchev–Trinajstić information content (AvgIpc) is 2.53. The first-order valence-electron chi connectivity index (χ1n) is 4.54. The summed E-state index contributed by atoms with van der Waals surface area (Å²) in [4.78, 5) is 2.23. The fourth-order valence-electron chi connectivity index (χ4n) is 1.66. The van der Waals surface area contributed by atoms with Crippen molar-refractivity contribution in [1.29, 1.82) is 0 Å². The van der Waals surface area contributed by atoms with E-state index in [0.29, 0.717) is 0 Å². The van der Waals surface area contributed by atoms with Crippen molar-refractivity contribution in [2.75, 3.05) is 18.0 Å². The van der Waals surface area contributed by atoms with E-state index in [9.17, 15) is 5.11 Å². The van der Waals surface area contributed by atoms with Crippen LogP contribution in [0.1, 0.15) is 6.42 Å². The second-order valence-corrected chi connectivity index (χ2v) is 4.88. The van der Waals surface area contributed by atoms with E-state index in [1.807, 2.05) is 0 Å². The Morgan fingerprint density at radius 1 is 1.31 bits per heavy atom. The SMILES string of the molecule is OC1CCN(c2ccc([AsH2])cc2)C1. The molecule has 0 aliphatic carbocycles. The predicted octanol–water partition coefficient (Wildman–Crippen LogP) is -0.484. The number of aliphatic hydroxyl groups is 1. The van der Waals surface area contributed by atoms with Gasteiger partial charge in [0.15, 0.2) is 0 Å². The summed E-state index contributed by atoms with van der Waals surface area (Å²) in [5.41, 5.74) is 1.23. The molecule has 2 atom stereocenters. The normalized spacial score (nSPS) is 22.3. The van der Waals surface area contributed by atoms with E-state index in [1.165, 1.54) is 10.0 Å². The summed E-state index contributed by atoms with van der Waals surface area (Å²) in [5, 5.41) is 9.38. The number of nitrogens with zero attached hydrogens (tertiary/aromatic N) is 1. The summed E-state index contributed by atoms with van der Waals surface area (Å²) in [5.74, 6) is 0. The number of rotatable bonds is 1. The molecule has 2 unspecified atom stereocenters. The Labute approximate surface area is 87.1 Å². The average molecular weight is 239 g/mol. The maximum atomic E-state index is 9.38. The minimum atomic E-state index is -0.134. The van der Waals surface area contributed by atoms with E-state index < -0.39 is 0 Å². The van der Waals surface area contributed by atoms with Crippen LogP contribution in [0.25, 0.3) is 0 Å². The van der Waals surface area contributed by atoms with Crippen molar-refractivity contribution in [3.05, 3.63) is 24.3 Å². The first kappa shape index (κ1) is 9.11. The van der Waals surface area contributed by atoms with Gasteiger partial charge < -0.3 is 0 Å². The Kier molecular flexibility index (Phi) is 2.61. The molecular formula is C10H14AsNO. The summed E-state index contributed by atoms with van der Waals surface area (Å²) < 4.78 is 1.34. The molecule has 1 saturated heterocycles. The number of β-amino-alcohol motifs (C(OH)–C–C–N with tert-alkyl or cyclic N) is 1. The molecule has 1 aliphatic heterocycles. The van der Waals surface area contributed by atoms with Gasteiger partial charge in [0.2, 0.25) is 0 Å². The predicted molar refractivity (Wildman–Crippen MR) is 57.5 cm³/mol. The molecule has 2 nitrogen and oxygen atoms in total. The molecule has 0 aromatic heterocycles. The Bertz CT molecular complexity index is 285. The second kappa shape index (κ2) is 3.73. The van der Waals surface area contributed by atoms with Crippen molar-refractivity contribution in [2.24, 2.45) is 0 Å². The number of hydrogen-bond acceptors (Lipinski definition) is 2. The van der Waals surface area contributed by atoms with E-state index in [4.69, 9.17) is 0 Å². The standard InChI is InChI=1S/C10H14AsNO/c11-8-1-3-9(4-2-8)12-6-5-10(13)7-12/h1-4,10,13H,5-7,11H2. The molecule has 70 valence electrons. The van der Waals surface area contributed by atoms with Crippen LogP contribution in [0.2, 0.25) is 0 Å². The van der Waals surface area contributed by atoms with Crippen LogP contribution in [-0.2, 0) is 0 Å². The first-order chi connectivity index (χ1) is 6.25. The third-order valence-electron chi connectivity index (χ3n) is 2.42. The van der Waals surface area contributed by atoms with E-state index in [2.05, 4.69) is 29.2 Å². The van der Waals surface area contributed by atoms with Gasteiger partial charge in [0.1, 0.15) is 0 Å². The molecule has 2 rings (SSSR count). The number of anilines is 1. The Hall–Kier alpha value is -0.462. The van der Waals surface area contributed by atoms with Crippen molar-refractivity contribution in [3.8, 4) is 0 Å². The quantitative estimate of drug-likeness (QED) is 0.669. The maximum absolute atomic E-state index is 9.38. The molecule has 0 amide bonds. The van der Waals surface area contributed by atoms with E-state index in [0.717, 1.165) is 19.5 Å². The van der Waals surface area contributed by atoms with Gasteiger partial charge in [0.05, 0.1) is 0 Å². The fourth-order valence-corrected chi connectivity index (χ4v) is 2.07. The van der Waals surface area contributed by atoms with Crippen LogP contribution in [0, 0.1) is 0 Å². The second-order valence-electron chi connectivity index (χ2n) is 3.48. The molecule has 1 N–H and O–H groups in total. The molecule has 3 heteroatoms. The Morgan fingerprint density at radius 2 is 2.00 bits per heavy atom. The molecule has 13 heavy (non-hydrogen) atoms. The van der Waals surface area contributed by atoms with Gasteiger partial charge in [-0.2, -0.15) is 0 Å². The van der Waals surface area contributed by atoms with E-state index >= 15 is 0 Å². The van der Waals surface area contributed by atoms with Crippen LogP contribution in [-0.4, -0.2) is 41.2 Å². The van der Waals surface area contributed by atoms with Crippen molar-refractivity contribution < 1.29 is 5.11 Å². The molecule has 0 radical (unpaired) electrons. The molecule has 0 saturated carbocycles. The molecule has 1 aromatic rings. The monoisotopic (exact) mass is 239 g/mol. The van der Waals surface area contributed by atoms with Crippen LogP contribution in [0.15, 0.2) is 24.3 Å².